The van der Waals surface area contributed by atoms with Crippen molar-refractivity contribution < 1.29 is 4.52 Å². The number of aromatic nitrogens is 3. The van der Waals surface area contributed by atoms with Crippen molar-refractivity contribution >= 4 is 5.96 Å². The van der Waals surface area contributed by atoms with Gasteiger partial charge in [-0.1, -0.05) is 19.0 Å². The topological polar surface area (TPSA) is 80.3 Å². The highest BCUT2D eigenvalue weighted by atomic mass is 16.5. The Balaban J connectivity index is 1.82. The summed E-state index contributed by atoms with van der Waals surface area (Å²) in [4.78, 5) is 4.17. The van der Waals surface area contributed by atoms with Crippen molar-refractivity contribution in [3.8, 4) is 0 Å². The molecule has 0 aliphatic heterocycles. The van der Waals surface area contributed by atoms with E-state index in [4.69, 9.17) is 4.52 Å². The van der Waals surface area contributed by atoms with Gasteiger partial charge < -0.3 is 15.2 Å². The number of nitrogens with zero attached hydrogens (tertiary/aromatic N) is 4. The van der Waals surface area contributed by atoms with Gasteiger partial charge >= 0.3 is 0 Å². The number of hydrogen-bond acceptors (Lipinski definition) is 4. The average Bonchev–Trinajstić information content (AvgIpc) is 3.08. The summed E-state index contributed by atoms with van der Waals surface area (Å²) in [5.41, 5.74) is 2.06. The van der Waals surface area contributed by atoms with E-state index in [9.17, 15) is 0 Å². The van der Waals surface area contributed by atoms with Crippen LogP contribution in [0.25, 0.3) is 0 Å². The molecule has 0 saturated carbocycles. The Hall–Kier alpha value is -2.31. The van der Waals surface area contributed by atoms with Crippen molar-refractivity contribution in [3.63, 3.8) is 0 Å². The van der Waals surface area contributed by atoms with Gasteiger partial charge in [0.25, 0.3) is 0 Å². The van der Waals surface area contributed by atoms with Crippen LogP contribution in [0.15, 0.2) is 28.0 Å². The molecule has 2 aromatic rings. The van der Waals surface area contributed by atoms with Crippen LogP contribution in [0, 0.1) is 0 Å². The van der Waals surface area contributed by atoms with Crippen LogP contribution in [0.4, 0.5) is 0 Å². The quantitative estimate of drug-likeness (QED) is 0.642. The van der Waals surface area contributed by atoms with E-state index in [2.05, 4.69) is 39.7 Å². The van der Waals surface area contributed by atoms with Gasteiger partial charge in [0, 0.05) is 38.5 Å². The zero-order valence-corrected chi connectivity index (χ0v) is 12.9. The van der Waals surface area contributed by atoms with Crippen LogP contribution >= 0.6 is 0 Å². The largest absolute Gasteiger partial charge is 0.359 e. The molecule has 2 heterocycles. The SMILES string of the molecule is CN=C(NCc1cnn(C)c1)NCc1cc(C(C)C)no1. The van der Waals surface area contributed by atoms with Gasteiger partial charge in [-0.25, -0.2) is 0 Å². The van der Waals surface area contributed by atoms with Crippen LogP contribution in [-0.2, 0) is 20.1 Å². The summed E-state index contributed by atoms with van der Waals surface area (Å²) in [6, 6.07) is 1.96. The fourth-order valence-corrected chi connectivity index (χ4v) is 1.82. The third-order valence-corrected chi connectivity index (χ3v) is 3.04. The van der Waals surface area contributed by atoms with E-state index < -0.39 is 0 Å². The van der Waals surface area contributed by atoms with E-state index in [1.54, 1.807) is 11.7 Å². The van der Waals surface area contributed by atoms with Gasteiger partial charge in [-0.05, 0) is 5.92 Å². The molecule has 0 radical (unpaired) electrons. The van der Waals surface area contributed by atoms with Crippen LogP contribution in [0.5, 0.6) is 0 Å². The maximum Gasteiger partial charge on any atom is 0.191 e. The van der Waals surface area contributed by atoms with Crippen LogP contribution in [0.2, 0.25) is 0 Å². The number of nitrogens with one attached hydrogen (secondary N) is 2. The summed E-state index contributed by atoms with van der Waals surface area (Å²) in [6.45, 7) is 5.39. The molecule has 7 nitrogen and oxygen atoms in total. The van der Waals surface area contributed by atoms with Crippen LogP contribution in [0.3, 0.4) is 0 Å². The van der Waals surface area contributed by atoms with Gasteiger partial charge in [0.15, 0.2) is 11.7 Å². The minimum absolute atomic E-state index is 0.366. The Morgan fingerprint density at radius 3 is 2.71 bits per heavy atom. The summed E-state index contributed by atoms with van der Waals surface area (Å²) in [5, 5.41) is 14.6. The monoisotopic (exact) mass is 290 g/mol. The number of aliphatic imine (C=N–C) groups is 1. The van der Waals surface area contributed by atoms with Crippen LogP contribution in [-0.4, -0.2) is 27.9 Å². The number of hydrogen-bond donors (Lipinski definition) is 2. The highest BCUT2D eigenvalue weighted by Crippen LogP contribution is 2.13. The summed E-state index contributed by atoms with van der Waals surface area (Å²) in [5.74, 6) is 1.87. The number of guanidine groups is 1. The van der Waals surface area contributed by atoms with Gasteiger partial charge in [0.1, 0.15) is 0 Å². The molecule has 7 heteroatoms. The molecule has 2 aromatic heterocycles. The molecule has 0 amide bonds. The van der Waals surface area contributed by atoms with E-state index in [0.717, 1.165) is 17.0 Å². The molecule has 0 atom stereocenters. The summed E-state index contributed by atoms with van der Waals surface area (Å²) < 4.78 is 7.05. The van der Waals surface area contributed by atoms with Crippen LogP contribution in [0.1, 0.15) is 36.8 Å². The standard InChI is InChI=1S/C14H22N6O/c1-10(2)13-5-12(21-19-13)8-17-14(15-3)16-6-11-7-18-20(4)9-11/h5,7,9-10H,6,8H2,1-4H3,(H2,15,16,17). The molecule has 2 rings (SSSR count). The predicted octanol–water partition coefficient (Wildman–Crippen LogP) is 1.40. The van der Waals surface area contributed by atoms with Crippen molar-refractivity contribution in [2.45, 2.75) is 32.9 Å². The zero-order chi connectivity index (χ0) is 15.2. The second-order valence-corrected chi connectivity index (χ2v) is 5.17. The van der Waals surface area contributed by atoms with E-state index in [1.807, 2.05) is 25.5 Å². The lowest BCUT2D eigenvalue weighted by atomic mass is 10.1. The number of aryl methyl sites for hydroxylation is 1. The third kappa shape index (κ3) is 4.34. The number of rotatable bonds is 5. The fraction of sp³-hybridized carbons (Fsp3) is 0.500. The molecule has 114 valence electrons. The van der Waals surface area contributed by atoms with Crippen molar-refractivity contribution in [1.82, 2.24) is 25.6 Å². The first-order valence-electron chi connectivity index (χ1n) is 6.96. The van der Waals surface area contributed by atoms with Crippen LogP contribution < -0.4 is 10.6 Å². The minimum Gasteiger partial charge on any atom is -0.359 e. The molecule has 2 N–H and O–H groups in total. The molecule has 0 bridgehead atoms. The normalized spacial score (nSPS) is 12.0. The Morgan fingerprint density at radius 2 is 2.14 bits per heavy atom. The first kappa shape index (κ1) is 15.1. The highest BCUT2D eigenvalue weighted by molar-refractivity contribution is 5.79. The molecular formula is C14H22N6O. The summed E-state index contributed by atoms with van der Waals surface area (Å²) >= 11 is 0. The Kier molecular flexibility index (Phi) is 4.97. The molecule has 21 heavy (non-hydrogen) atoms. The highest BCUT2D eigenvalue weighted by Gasteiger charge is 2.08. The molecular weight excluding hydrogens is 268 g/mol. The van der Waals surface area contributed by atoms with Gasteiger partial charge in [-0.2, -0.15) is 5.10 Å². The molecule has 0 spiro atoms. The first-order valence-corrected chi connectivity index (χ1v) is 6.96. The van der Waals surface area contributed by atoms with Gasteiger partial charge in [-0.15, -0.1) is 0 Å². The summed E-state index contributed by atoms with van der Waals surface area (Å²) in [7, 11) is 3.63. The van der Waals surface area contributed by atoms with Gasteiger partial charge in [-0.3, -0.25) is 9.67 Å². The maximum atomic E-state index is 5.28. The third-order valence-electron chi connectivity index (χ3n) is 3.04. The second kappa shape index (κ2) is 6.92. The molecule has 0 saturated heterocycles. The maximum absolute atomic E-state index is 5.28. The van der Waals surface area contributed by atoms with Gasteiger partial charge in [0.05, 0.1) is 18.4 Å². The molecule has 0 aliphatic carbocycles. The van der Waals surface area contributed by atoms with E-state index in [0.29, 0.717) is 25.0 Å². The first-order chi connectivity index (χ1) is 10.1. The van der Waals surface area contributed by atoms with Crippen molar-refractivity contribution in [3.05, 3.63) is 35.5 Å². The van der Waals surface area contributed by atoms with E-state index in [1.165, 1.54) is 0 Å². The van der Waals surface area contributed by atoms with Crippen molar-refractivity contribution in [1.29, 1.82) is 0 Å². The van der Waals surface area contributed by atoms with Crippen molar-refractivity contribution in [2.24, 2.45) is 12.0 Å². The Bertz CT molecular complexity index is 598. The lowest BCUT2D eigenvalue weighted by Gasteiger charge is -2.09. The minimum atomic E-state index is 0.366. The van der Waals surface area contributed by atoms with E-state index in [-0.39, 0.29) is 0 Å². The molecule has 0 unspecified atom stereocenters. The second-order valence-electron chi connectivity index (χ2n) is 5.17. The van der Waals surface area contributed by atoms with Crippen molar-refractivity contribution in [2.75, 3.05) is 7.05 Å². The molecule has 0 fully saturated rings. The molecule has 0 aromatic carbocycles. The van der Waals surface area contributed by atoms with E-state index >= 15 is 0 Å². The molecule has 0 aliphatic rings. The Labute approximate surface area is 124 Å². The average molecular weight is 290 g/mol. The summed E-state index contributed by atoms with van der Waals surface area (Å²) in [6.07, 6.45) is 3.79. The zero-order valence-electron chi connectivity index (χ0n) is 12.9. The lowest BCUT2D eigenvalue weighted by Crippen LogP contribution is -2.36. The predicted molar refractivity (Wildman–Crippen MR) is 80.8 cm³/mol. The lowest BCUT2D eigenvalue weighted by molar-refractivity contribution is 0.372. The Morgan fingerprint density at radius 1 is 1.38 bits per heavy atom. The fourth-order valence-electron chi connectivity index (χ4n) is 1.82. The smallest absolute Gasteiger partial charge is 0.191 e. The van der Waals surface area contributed by atoms with Gasteiger partial charge in [0.2, 0.25) is 0 Å².